The summed E-state index contributed by atoms with van der Waals surface area (Å²) >= 11 is 0. The van der Waals surface area contributed by atoms with Gasteiger partial charge in [0.05, 0.1) is 29.8 Å². The van der Waals surface area contributed by atoms with Gasteiger partial charge in [-0.05, 0) is 47.5 Å². The highest BCUT2D eigenvalue weighted by Crippen LogP contribution is 2.29. The van der Waals surface area contributed by atoms with Crippen LogP contribution in [0.25, 0.3) is 10.8 Å². The average molecular weight is 395 g/mol. The molecule has 0 aliphatic carbocycles. The molecule has 0 unspecified atom stereocenters. The van der Waals surface area contributed by atoms with E-state index in [2.05, 4.69) is 6.58 Å². The zero-order valence-electron chi connectivity index (χ0n) is 15.8. The van der Waals surface area contributed by atoms with Crippen LogP contribution in [0.1, 0.15) is 15.9 Å². The first-order valence-corrected chi connectivity index (χ1v) is 10.1. The van der Waals surface area contributed by atoms with Crippen molar-refractivity contribution in [1.29, 1.82) is 0 Å². The highest BCUT2D eigenvalue weighted by atomic mass is 32.2. The maximum absolute atomic E-state index is 13.4. The Morgan fingerprint density at radius 1 is 1.07 bits per heavy atom. The van der Waals surface area contributed by atoms with Crippen molar-refractivity contribution in [3.63, 3.8) is 0 Å². The first-order valence-electron chi connectivity index (χ1n) is 8.70. The van der Waals surface area contributed by atoms with E-state index in [4.69, 9.17) is 4.74 Å². The van der Waals surface area contributed by atoms with Gasteiger partial charge in [0.15, 0.2) is 0 Å². The Morgan fingerprint density at radius 2 is 1.79 bits per heavy atom. The van der Waals surface area contributed by atoms with Crippen LogP contribution in [0.2, 0.25) is 0 Å². The topological polar surface area (TPSA) is 63.7 Å². The number of hydrogen-bond donors (Lipinski definition) is 0. The summed E-state index contributed by atoms with van der Waals surface area (Å²) < 4.78 is 32.9. The minimum Gasteiger partial charge on any atom is -0.465 e. The fourth-order valence-corrected chi connectivity index (χ4v) is 4.55. The standard InChI is InChI=1S/C22H21NO4S/c1-4-13-23(21-15-19(22(24)27-3)10-9-16(21)2)28(25,26)20-12-11-17-7-5-6-8-18(17)14-20/h4-12,14-15H,1,13H2,2-3H3. The molecule has 3 aromatic rings. The van der Waals surface area contributed by atoms with Crippen LogP contribution in [0.15, 0.2) is 78.2 Å². The van der Waals surface area contributed by atoms with Gasteiger partial charge in [-0.15, -0.1) is 6.58 Å². The molecule has 0 radical (unpaired) electrons. The lowest BCUT2D eigenvalue weighted by Crippen LogP contribution is -2.32. The number of esters is 1. The van der Waals surface area contributed by atoms with E-state index in [0.717, 1.165) is 16.3 Å². The molecule has 0 N–H and O–H groups in total. The maximum atomic E-state index is 13.4. The molecule has 0 amide bonds. The second-order valence-corrected chi connectivity index (χ2v) is 8.19. The normalized spacial score (nSPS) is 11.2. The lowest BCUT2D eigenvalue weighted by Gasteiger charge is -2.25. The van der Waals surface area contributed by atoms with Crippen LogP contribution >= 0.6 is 0 Å². The molecule has 6 heteroatoms. The third kappa shape index (κ3) is 3.64. The Labute approximate surface area is 164 Å². The van der Waals surface area contributed by atoms with E-state index in [-0.39, 0.29) is 17.0 Å². The van der Waals surface area contributed by atoms with Gasteiger partial charge in [0.25, 0.3) is 10.0 Å². The van der Waals surface area contributed by atoms with Crippen molar-refractivity contribution < 1.29 is 17.9 Å². The number of sulfonamides is 1. The number of carbonyl (C=O) groups excluding carboxylic acids is 1. The molecule has 0 aromatic heterocycles. The number of benzene rings is 3. The van der Waals surface area contributed by atoms with Gasteiger partial charge in [0.2, 0.25) is 0 Å². The van der Waals surface area contributed by atoms with Gasteiger partial charge in [-0.2, -0.15) is 0 Å². The van der Waals surface area contributed by atoms with Crippen molar-refractivity contribution in [1.82, 2.24) is 0 Å². The number of rotatable bonds is 6. The molecule has 0 saturated carbocycles. The number of anilines is 1. The Bertz CT molecular complexity index is 1150. The summed E-state index contributed by atoms with van der Waals surface area (Å²) in [4.78, 5) is 12.1. The summed E-state index contributed by atoms with van der Waals surface area (Å²) in [7, 11) is -2.58. The molecule has 3 aromatic carbocycles. The lowest BCUT2D eigenvalue weighted by atomic mass is 10.1. The highest BCUT2D eigenvalue weighted by molar-refractivity contribution is 7.92. The van der Waals surface area contributed by atoms with Crippen LogP contribution in [-0.2, 0) is 14.8 Å². The van der Waals surface area contributed by atoms with E-state index in [1.165, 1.54) is 23.6 Å². The van der Waals surface area contributed by atoms with Crippen LogP contribution in [0.5, 0.6) is 0 Å². The van der Waals surface area contributed by atoms with Crippen LogP contribution in [0.4, 0.5) is 5.69 Å². The Balaban J connectivity index is 2.15. The summed E-state index contributed by atoms with van der Waals surface area (Å²) in [5.74, 6) is -0.525. The maximum Gasteiger partial charge on any atom is 0.337 e. The molecule has 0 aliphatic rings. The lowest BCUT2D eigenvalue weighted by molar-refractivity contribution is 0.0600. The summed E-state index contributed by atoms with van der Waals surface area (Å²) in [6.45, 7) is 5.55. The number of nitrogens with zero attached hydrogens (tertiary/aromatic N) is 1. The van der Waals surface area contributed by atoms with Crippen LogP contribution in [0.3, 0.4) is 0 Å². The largest absolute Gasteiger partial charge is 0.465 e. The third-order valence-corrected chi connectivity index (χ3v) is 6.28. The van der Waals surface area contributed by atoms with Gasteiger partial charge in [-0.3, -0.25) is 4.31 Å². The summed E-state index contributed by atoms with van der Waals surface area (Å²) in [5, 5.41) is 1.79. The molecule has 28 heavy (non-hydrogen) atoms. The fourth-order valence-electron chi connectivity index (χ4n) is 3.02. The SMILES string of the molecule is C=CCN(c1cc(C(=O)OC)ccc1C)S(=O)(=O)c1ccc2ccccc2c1. The van der Waals surface area contributed by atoms with Crippen molar-refractivity contribution in [3.8, 4) is 0 Å². The predicted molar refractivity (Wildman–Crippen MR) is 111 cm³/mol. The Morgan fingerprint density at radius 3 is 2.46 bits per heavy atom. The zero-order chi connectivity index (χ0) is 20.3. The van der Waals surface area contributed by atoms with E-state index in [0.29, 0.717) is 5.69 Å². The minimum atomic E-state index is -3.87. The zero-order valence-corrected chi connectivity index (χ0v) is 16.6. The number of carbonyl (C=O) groups is 1. The van der Waals surface area contributed by atoms with E-state index >= 15 is 0 Å². The molecule has 0 heterocycles. The van der Waals surface area contributed by atoms with Gasteiger partial charge in [0.1, 0.15) is 0 Å². The average Bonchev–Trinajstić information content (AvgIpc) is 2.71. The Kier molecular flexibility index (Phi) is 5.51. The van der Waals surface area contributed by atoms with Crippen molar-refractivity contribution in [2.75, 3.05) is 18.0 Å². The van der Waals surface area contributed by atoms with E-state index in [1.54, 1.807) is 37.3 Å². The van der Waals surface area contributed by atoms with Crippen molar-refractivity contribution in [2.24, 2.45) is 0 Å². The number of aryl methyl sites for hydroxylation is 1. The summed E-state index contributed by atoms with van der Waals surface area (Å²) in [6, 6.07) is 17.4. The van der Waals surface area contributed by atoms with Crippen LogP contribution in [-0.4, -0.2) is 28.0 Å². The summed E-state index contributed by atoms with van der Waals surface area (Å²) in [6.07, 6.45) is 1.52. The summed E-state index contributed by atoms with van der Waals surface area (Å²) in [5.41, 5.74) is 1.42. The number of fused-ring (bicyclic) bond motifs is 1. The monoisotopic (exact) mass is 395 g/mol. The highest BCUT2D eigenvalue weighted by Gasteiger charge is 2.26. The number of ether oxygens (including phenoxy) is 1. The molecule has 144 valence electrons. The smallest absolute Gasteiger partial charge is 0.337 e. The van der Waals surface area contributed by atoms with Crippen LogP contribution < -0.4 is 4.31 Å². The van der Waals surface area contributed by atoms with Crippen LogP contribution in [0, 0.1) is 6.92 Å². The molecule has 5 nitrogen and oxygen atoms in total. The molecule has 0 spiro atoms. The predicted octanol–water partition coefficient (Wildman–Crippen LogP) is 4.32. The molecule has 0 bridgehead atoms. The van der Waals surface area contributed by atoms with Gasteiger partial charge in [-0.25, -0.2) is 13.2 Å². The van der Waals surface area contributed by atoms with E-state index in [1.807, 2.05) is 24.3 Å². The minimum absolute atomic E-state index is 0.0701. The molecule has 0 atom stereocenters. The first kappa shape index (κ1) is 19.6. The quantitative estimate of drug-likeness (QED) is 0.461. The molecule has 0 fully saturated rings. The Hall–Kier alpha value is -3.12. The van der Waals surface area contributed by atoms with Gasteiger partial charge >= 0.3 is 5.97 Å². The second kappa shape index (κ2) is 7.86. The fraction of sp³-hybridized carbons (Fsp3) is 0.136. The van der Waals surface area contributed by atoms with E-state index < -0.39 is 16.0 Å². The molecular weight excluding hydrogens is 374 g/mol. The first-order chi connectivity index (χ1) is 13.4. The molecule has 3 rings (SSSR count). The molecular formula is C22H21NO4S. The number of hydrogen-bond acceptors (Lipinski definition) is 4. The van der Waals surface area contributed by atoms with E-state index in [9.17, 15) is 13.2 Å². The van der Waals surface area contributed by atoms with Gasteiger partial charge in [-0.1, -0.05) is 42.5 Å². The van der Waals surface area contributed by atoms with Gasteiger partial charge < -0.3 is 4.74 Å². The van der Waals surface area contributed by atoms with Gasteiger partial charge in [0, 0.05) is 0 Å². The molecule has 0 saturated heterocycles. The molecule has 0 aliphatic heterocycles. The second-order valence-electron chi connectivity index (χ2n) is 6.33. The van der Waals surface area contributed by atoms with Crippen molar-refractivity contribution in [2.45, 2.75) is 11.8 Å². The third-order valence-electron chi connectivity index (χ3n) is 4.50. The number of methoxy groups -OCH3 is 1. The van der Waals surface area contributed by atoms with Crippen molar-refractivity contribution >= 4 is 32.5 Å². The van der Waals surface area contributed by atoms with Crippen molar-refractivity contribution in [3.05, 3.63) is 84.4 Å².